The van der Waals surface area contributed by atoms with Crippen molar-refractivity contribution in [2.75, 3.05) is 19.6 Å². The maximum Gasteiger partial charge on any atom is 0.336 e. The van der Waals surface area contributed by atoms with Crippen LogP contribution in [0.5, 0.6) is 0 Å². The van der Waals surface area contributed by atoms with Crippen molar-refractivity contribution in [2.24, 2.45) is 11.8 Å². The smallest absolute Gasteiger partial charge is 0.336 e. The third-order valence-corrected chi connectivity index (χ3v) is 7.92. The van der Waals surface area contributed by atoms with E-state index >= 15 is 0 Å². The van der Waals surface area contributed by atoms with Gasteiger partial charge in [-0.05, 0) is 33.1 Å². The highest BCUT2D eigenvalue weighted by Gasteiger charge is 2.63. The van der Waals surface area contributed by atoms with Crippen molar-refractivity contribution in [1.29, 1.82) is 0 Å². The SMILES string of the molecule is C=C1C(=O)OC2C1C(OC(=O)C(=CC)CO)C(OC(C)CC)C(C(=O)OC)C1CCC(CCl)(O1)C2O. The molecular formula is C25H35ClO10. The van der Waals surface area contributed by atoms with Crippen LogP contribution in [0.15, 0.2) is 23.8 Å². The molecule has 202 valence electrons. The topological polar surface area (TPSA) is 138 Å². The highest BCUT2D eigenvalue weighted by atomic mass is 35.5. The second-order valence-corrected chi connectivity index (χ2v) is 9.74. The van der Waals surface area contributed by atoms with Crippen LogP contribution in [0.25, 0.3) is 0 Å². The van der Waals surface area contributed by atoms with Crippen LogP contribution in [-0.4, -0.2) is 89.9 Å². The number of aliphatic hydroxyl groups excluding tert-OH is 2. The summed E-state index contributed by atoms with van der Waals surface area (Å²) in [5.74, 6) is -4.64. The molecule has 0 aromatic rings. The molecule has 0 aliphatic carbocycles. The summed E-state index contributed by atoms with van der Waals surface area (Å²) in [5, 5.41) is 21.1. The average molecular weight is 531 g/mol. The van der Waals surface area contributed by atoms with Gasteiger partial charge in [0.25, 0.3) is 0 Å². The first-order chi connectivity index (χ1) is 17.1. The first-order valence-electron chi connectivity index (χ1n) is 12.1. The Morgan fingerprint density at radius 3 is 2.61 bits per heavy atom. The predicted molar refractivity (Wildman–Crippen MR) is 127 cm³/mol. The minimum atomic E-state index is -1.41. The molecule has 9 atom stereocenters. The summed E-state index contributed by atoms with van der Waals surface area (Å²) in [5.41, 5.74) is -1.41. The summed E-state index contributed by atoms with van der Waals surface area (Å²) >= 11 is 6.29. The molecule has 2 N–H and O–H groups in total. The van der Waals surface area contributed by atoms with Crippen molar-refractivity contribution in [3.05, 3.63) is 23.8 Å². The molecule has 0 aromatic carbocycles. The van der Waals surface area contributed by atoms with Gasteiger partial charge < -0.3 is 33.9 Å². The summed E-state index contributed by atoms with van der Waals surface area (Å²) in [6, 6.07) is 0. The van der Waals surface area contributed by atoms with Crippen LogP contribution < -0.4 is 0 Å². The van der Waals surface area contributed by atoms with E-state index in [2.05, 4.69) is 6.58 Å². The third-order valence-electron chi connectivity index (χ3n) is 7.47. The molecule has 3 rings (SSSR count). The number of esters is 3. The zero-order valence-corrected chi connectivity index (χ0v) is 21.7. The molecule has 3 fully saturated rings. The highest BCUT2D eigenvalue weighted by Crippen LogP contribution is 2.48. The largest absolute Gasteiger partial charge is 0.469 e. The molecule has 0 spiro atoms. The van der Waals surface area contributed by atoms with Gasteiger partial charge in [0, 0.05) is 5.57 Å². The maximum absolute atomic E-state index is 13.2. The van der Waals surface area contributed by atoms with Crippen molar-refractivity contribution in [1.82, 2.24) is 0 Å². The van der Waals surface area contributed by atoms with Gasteiger partial charge in [0.05, 0.1) is 43.3 Å². The minimum Gasteiger partial charge on any atom is -0.469 e. The number of rotatable bonds is 8. The number of halogens is 1. The number of fused-ring (bicyclic) bond motifs is 3. The van der Waals surface area contributed by atoms with E-state index in [1.54, 1.807) is 13.8 Å². The molecule has 0 amide bonds. The fourth-order valence-electron chi connectivity index (χ4n) is 5.19. The molecule has 3 heterocycles. The van der Waals surface area contributed by atoms with Crippen LogP contribution in [0.4, 0.5) is 0 Å². The fraction of sp³-hybridized carbons (Fsp3) is 0.720. The fourth-order valence-corrected chi connectivity index (χ4v) is 5.54. The lowest BCUT2D eigenvalue weighted by Gasteiger charge is -2.39. The second kappa shape index (κ2) is 11.6. The maximum atomic E-state index is 13.2. The summed E-state index contributed by atoms with van der Waals surface area (Å²) < 4.78 is 29.1. The molecule has 3 aliphatic rings. The van der Waals surface area contributed by atoms with Crippen molar-refractivity contribution in [3.63, 3.8) is 0 Å². The summed E-state index contributed by atoms with van der Waals surface area (Å²) in [4.78, 5) is 39.0. The van der Waals surface area contributed by atoms with E-state index in [0.717, 1.165) is 0 Å². The van der Waals surface area contributed by atoms with Gasteiger partial charge in [0.1, 0.15) is 35.9 Å². The molecule has 0 saturated carbocycles. The summed E-state index contributed by atoms with van der Waals surface area (Å²) in [6.45, 7) is 8.50. The lowest BCUT2D eigenvalue weighted by Crippen LogP contribution is -2.55. The molecule has 11 heteroatoms. The van der Waals surface area contributed by atoms with Crippen molar-refractivity contribution in [2.45, 2.75) is 82.3 Å². The van der Waals surface area contributed by atoms with Gasteiger partial charge in [0.15, 0.2) is 0 Å². The molecule has 36 heavy (non-hydrogen) atoms. The zero-order chi connectivity index (χ0) is 26.8. The van der Waals surface area contributed by atoms with Crippen LogP contribution in [-0.2, 0) is 38.1 Å². The number of allylic oxidation sites excluding steroid dienone is 1. The molecule has 3 aliphatic heterocycles. The van der Waals surface area contributed by atoms with Crippen LogP contribution in [0.1, 0.15) is 40.0 Å². The van der Waals surface area contributed by atoms with E-state index in [1.165, 1.54) is 13.2 Å². The highest BCUT2D eigenvalue weighted by molar-refractivity contribution is 6.18. The summed E-state index contributed by atoms with van der Waals surface area (Å²) in [7, 11) is 1.22. The number of ether oxygens (including phenoxy) is 5. The standard InChI is InChI=1S/C25H35ClO10/c1-6-12(3)33-19-17(24(31)32-5)15-8-9-25(11-26,36-15)21(28)20-16(13(4)22(29)35-20)18(19)34-23(30)14(7-2)10-27/h7,12,15-21,27-28H,4,6,8-11H2,1-3,5H3. The average Bonchev–Trinajstić information content (AvgIpc) is 3.44. The van der Waals surface area contributed by atoms with Gasteiger partial charge >= 0.3 is 17.9 Å². The predicted octanol–water partition coefficient (Wildman–Crippen LogP) is 1.44. The second-order valence-electron chi connectivity index (χ2n) is 9.47. The Labute approximate surface area is 215 Å². The van der Waals surface area contributed by atoms with Crippen molar-refractivity contribution in [3.8, 4) is 0 Å². The Balaban J connectivity index is 2.24. The Bertz CT molecular complexity index is 903. The number of alkyl halides is 1. The molecular weight excluding hydrogens is 496 g/mol. The molecule has 2 bridgehead atoms. The first kappa shape index (κ1) is 28.6. The van der Waals surface area contributed by atoms with Crippen molar-refractivity contribution < 1.29 is 48.3 Å². The Kier molecular flexibility index (Phi) is 9.21. The van der Waals surface area contributed by atoms with Gasteiger partial charge in [-0.3, -0.25) is 4.79 Å². The van der Waals surface area contributed by atoms with E-state index in [4.69, 9.17) is 35.3 Å². The number of methoxy groups -OCH3 is 1. The van der Waals surface area contributed by atoms with Crippen LogP contribution in [0, 0.1) is 11.8 Å². The zero-order valence-electron chi connectivity index (χ0n) is 21.0. The Hall–Kier alpha value is -1.98. The first-order valence-corrected chi connectivity index (χ1v) is 12.6. The van der Waals surface area contributed by atoms with Gasteiger partial charge in [-0.2, -0.15) is 0 Å². The molecule has 3 saturated heterocycles. The number of aliphatic hydroxyl groups is 2. The number of hydrogen-bond donors (Lipinski definition) is 2. The molecule has 10 nitrogen and oxygen atoms in total. The van der Waals surface area contributed by atoms with Crippen LogP contribution in [0.2, 0.25) is 0 Å². The molecule has 0 radical (unpaired) electrons. The van der Waals surface area contributed by atoms with Gasteiger partial charge in [0.2, 0.25) is 0 Å². The number of carbonyl (C=O) groups excluding carboxylic acids is 3. The lowest BCUT2D eigenvalue weighted by molar-refractivity contribution is -0.188. The summed E-state index contributed by atoms with van der Waals surface area (Å²) in [6.07, 6.45) is -3.72. The van der Waals surface area contributed by atoms with E-state index in [-0.39, 0.29) is 23.4 Å². The van der Waals surface area contributed by atoms with Gasteiger partial charge in [-0.25, -0.2) is 9.59 Å². The van der Waals surface area contributed by atoms with Crippen molar-refractivity contribution >= 4 is 29.5 Å². The monoisotopic (exact) mass is 530 g/mol. The lowest BCUT2D eigenvalue weighted by atomic mass is 9.76. The van der Waals surface area contributed by atoms with Gasteiger partial charge in [-0.1, -0.05) is 19.6 Å². The molecule has 0 aromatic heterocycles. The normalized spacial score (nSPS) is 37.3. The number of carbonyl (C=O) groups is 3. The molecule has 9 unspecified atom stereocenters. The Morgan fingerprint density at radius 1 is 1.36 bits per heavy atom. The van der Waals surface area contributed by atoms with E-state index in [9.17, 15) is 24.6 Å². The minimum absolute atomic E-state index is 0.0327. The van der Waals surface area contributed by atoms with Crippen LogP contribution in [0.3, 0.4) is 0 Å². The Morgan fingerprint density at radius 2 is 2.06 bits per heavy atom. The van der Waals surface area contributed by atoms with Crippen LogP contribution >= 0.6 is 11.6 Å². The van der Waals surface area contributed by atoms with Gasteiger partial charge in [-0.15, -0.1) is 11.6 Å². The van der Waals surface area contributed by atoms with E-state index in [0.29, 0.717) is 12.8 Å². The van der Waals surface area contributed by atoms with E-state index in [1.807, 2.05) is 6.92 Å². The third kappa shape index (κ3) is 5.06. The van der Waals surface area contributed by atoms with E-state index < -0.39 is 78.6 Å². The quantitative estimate of drug-likeness (QED) is 0.205. The number of hydrogen-bond acceptors (Lipinski definition) is 10.